The Morgan fingerprint density at radius 3 is 2.42 bits per heavy atom. The van der Waals surface area contributed by atoms with Crippen LogP contribution in [0.3, 0.4) is 0 Å². The van der Waals surface area contributed by atoms with Gasteiger partial charge in [-0.3, -0.25) is 14.5 Å². The summed E-state index contributed by atoms with van der Waals surface area (Å²) in [5, 5.41) is 21.1. The van der Waals surface area contributed by atoms with Crippen molar-refractivity contribution in [1.82, 2.24) is 4.90 Å². The summed E-state index contributed by atoms with van der Waals surface area (Å²) in [7, 11) is 2.19. The molecule has 0 aromatic carbocycles. The third-order valence-corrected chi connectivity index (χ3v) is 11.2. The van der Waals surface area contributed by atoms with Crippen LogP contribution < -0.4 is 0 Å². The molecule has 2 fully saturated rings. The molecule has 2 saturated heterocycles. The van der Waals surface area contributed by atoms with E-state index in [9.17, 15) is 24.6 Å². The fourth-order valence-corrected chi connectivity index (χ4v) is 6.95. The van der Waals surface area contributed by atoms with E-state index < -0.39 is 41.9 Å². The van der Waals surface area contributed by atoms with Gasteiger partial charge >= 0.3 is 18.0 Å². The Kier molecular flexibility index (Phi) is 15.1. The zero-order chi connectivity index (χ0) is 37.4. The van der Waals surface area contributed by atoms with Crippen molar-refractivity contribution in [1.29, 1.82) is 0 Å². The Hall–Kier alpha value is -2.73. The summed E-state index contributed by atoms with van der Waals surface area (Å²) >= 11 is 0. The first-order valence-electron chi connectivity index (χ1n) is 18.6. The van der Waals surface area contributed by atoms with Crippen LogP contribution in [0.15, 0.2) is 36.0 Å². The van der Waals surface area contributed by atoms with Gasteiger partial charge in [-0.15, -0.1) is 0 Å². The van der Waals surface area contributed by atoms with Crippen LogP contribution in [0.2, 0.25) is 0 Å². The van der Waals surface area contributed by atoms with Crippen molar-refractivity contribution in [3.8, 4) is 0 Å². The molecule has 1 amide bonds. The van der Waals surface area contributed by atoms with Crippen LogP contribution in [0.5, 0.6) is 0 Å². The normalized spacial score (nSPS) is 32.8. The highest BCUT2D eigenvalue weighted by Gasteiger charge is 2.45. The summed E-state index contributed by atoms with van der Waals surface area (Å²) in [5.74, 6) is -1.05. The molecule has 0 aromatic rings. The second-order valence-corrected chi connectivity index (χ2v) is 15.8. The first-order chi connectivity index (χ1) is 23.4. The summed E-state index contributed by atoms with van der Waals surface area (Å²) in [4.78, 5) is 40.6. The number of allylic oxidation sites excluding steroid dienone is 3. The maximum Gasteiger partial charge on any atom is 0.410 e. The molecule has 10 atom stereocenters. The standard InChI is InChI=1S/C39H65N2O9/c1-11-32(44)29(7)37-33(48-37)23-26(4)13-12-14-27(5)36-28(6)15-16-34(47-30(8)42)39(9,18-17-31(43)24-35(45)49-36)50-38(46)40-19-21-41(10,22-20-40)25(2)3/h12-16,25-26,28-29,31-34,36-37,43-44H,11,17-24H2,1-10H3/q+1/t26-,28+,29-,31-,32+,33-,34+,36-,37-,39-/m1/s1. The summed E-state index contributed by atoms with van der Waals surface area (Å²) in [5.41, 5.74) is -0.493. The summed E-state index contributed by atoms with van der Waals surface area (Å²) < 4.78 is 24.6. The number of rotatable bonds is 11. The van der Waals surface area contributed by atoms with Crippen LogP contribution in [0, 0.1) is 17.8 Å². The first kappa shape index (κ1) is 41.7. The van der Waals surface area contributed by atoms with Gasteiger partial charge in [-0.1, -0.05) is 52.0 Å². The molecule has 0 aromatic heterocycles. The van der Waals surface area contributed by atoms with Gasteiger partial charge in [-0.05, 0) is 70.9 Å². The number of hydrogen-bond donors (Lipinski definition) is 2. The second-order valence-electron chi connectivity index (χ2n) is 15.8. The molecule has 0 saturated carbocycles. The number of hydrogen-bond acceptors (Lipinski definition) is 9. The highest BCUT2D eigenvalue weighted by atomic mass is 16.6. The van der Waals surface area contributed by atoms with Gasteiger partial charge in [0.15, 0.2) is 11.7 Å². The number of nitrogens with zero attached hydrogens (tertiary/aromatic N) is 2. The largest absolute Gasteiger partial charge is 0.457 e. The van der Waals surface area contributed by atoms with Gasteiger partial charge in [0, 0.05) is 18.8 Å². The Bertz CT molecular complexity index is 1240. The van der Waals surface area contributed by atoms with Gasteiger partial charge in [-0.25, -0.2) is 4.79 Å². The van der Waals surface area contributed by atoms with Gasteiger partial charge in [0.25, 0.3) is 0 Å². The van der Waals surface area contributed by atoms with E-state index in [0.717, 1.165) is 29.6 Å². The van der Waals surface area contributed by atoms with Crippen LogP contribution in [-0.4, -0.2) is 119 Å². The van der Waals surface area contributed by atoms with Crippen LogP contribution in [0.25, 0.3) is 0 Å². The predicted molar refractivity (Wildman–Crippen MR) is 192 cm³/mol. The molecular formula is C39H65N2O9+. The van der Waals surface area contributed by atoms with E-state index in [2.05, 4.69) is 33.9 Å². The molecule has 0 spiro atoms. The molecule has 3 aliphatic rings. The van der Waals surface area contributed by atoms with Crippen molar-refractivity contribution >= 4 is 18.0 Å². The maximum atomic E-state index is 13.6. The van der Waals surface area contributed by atoms with Crippen LogP contribution >= 0.6 is 0 Å². The molecule has 11 nitrogen and oxygen atoms in total. The number of aliphatic hydroxyl groups excluding tert-OH is 2. The zero-order valence-corrected chi connectivity index (χ0v) is 32.2. The molecule has 2 N–H and O–H groups in total. The third kappa shape index (κ3) is 11.6. The molecule has 3 heterocycles. The molecule has 0 radical (unpaired) electrons. The Morgan fingerprint density at radius 1 is 1.16 bits per heavy atom. The average molecular weight is 706 g/mol. The molecule has 50 heavy (non-hydrogen) atoms. The molecular weight excluding hydrogens is 640 g/mol. The fraction of sp³-hybridized carbons (Fsp3) is 0.769. The minimum atomic E-state index is -1.30. The molecule has 284 valence electrons. The van der Waals surface area contributed by atoms with Crippen LogP contribution in [0.4, 0.5) is 4.79 Å². The van der Waals surface area contributed by atoms with Crippen molar-refractivity contribution in [2.24, 2.45) is 17.8 Å². The van der Waals surface area contributed by atoms with Crippen molar-refractivity contribution in [2.75, 3.05) is 33.2 Å². The molecule has 3 rings (SSSR count). The van der Waals surface area contributed by atoms with Crippen molar-refractivity contribution in [3.05, 3.63) is 36.0 Å². The molecule has 3 aliphatic heterocycles. The quantitative estimate of drug-likeness (QED) is 0.0730. The fourth-order valence-electron chi connectivity index (χ4n) is 6.95. The van der Waals surface area contributed by atoms with E-state index >= 15 is 0 Å². The smallest absolute Gasteiger partial charge is 0.410 e. The van der Waals surface area contributed by atoms with Crippen molar-refractivity contribution in [3.63, 3.8) is 0 Å². The Labute approximate surface area is 300 Å². The summed E-state index contributed by atoms with van der Waals surface area (Å²) in [6.07, 6.45) is 7.88. The molecule has 0 unspecified atom stereocenters. The monoisotopic (exact) mass is 705 g/mol. The van der Waals surface area contributed by atoms with Crippen molar-refractivity contribution in [2.45, 2.75) is 143 Å². The molecule has 0 bridgehead atoms. The maximum absolute atomic E-state index is 13.6. The van der Waals surface area contributed by atoms with Gasteiger partial charge in [-0.2, -0.15) is 0 Å². The van der Waals surface area contributed by atoms with E-state index in [1.807, 2.05) is 45.9 Å². The van der Waals surface area contributed by atoms with Gasteiger partial charge in [0.2, 0.25) is 0 Å². The zero-order valence-electron chi connectivity index (χ0n) is 32.2. The van der Waals surface area contributed by atoms with Crippen molar-refractivity contribution < 1.29 is 48.0 Å². The minimum Gasteiger partial charge on any atom is -0.457 e. The highest BCUT2D eigenvalue weighted by molar-refractivity contribution is 5.71. The highest BCUT2D eigenvalue weighted by Crippen LogP contribution is 2.36. The minimum absolute atomic E-state index is 0.0862. The van der Waals surface area contributed by atoms with Gasteiger partial charge in [0.1, 0.15) is 6.10 Å². The molecule has 11 heteroatoms. The third-order valence-electron chi connectivity index (χ3n) is 11.2. The first-order valence-corrected chi connectivity index (χ1v) is 18.6. The lowest BCUT2D eigenvalue weighted by Gasteiger charge is -2.45. The van der Waals surface area contributed by atoms with Gasteiger partial charge in [0.05, 0.1) is 70.1 Å². The number of cyclic esters (lactones) is 1. The molecule has 0 aliphatic carbocycles. The number of epoxide rings is 1. The Morgan fingerprint density at radius 2 is 1.82 bits per heavy atom. The Balaban J connectivity index is 1.77. The number of carbonyl (C=O) groups is 3. The number of ether oxygens (including phenoxy) is 4. The van der Waals surface area contributed by atoms with E-state index in [0.29, 0.717) is 25.6 Å². The van der Waals surface area contributed by atoms with E-state index in [1.54, 1.807) is 17.9 Å². The van der Waals surface area contributed by atoms with E-state index in [4.69, 9.17) is 18.9 Å². The lowest BCUT2D eigenvalue weighted by Crippen LogP contribution is -2.62. The van der Waals surface area contributed by atoms with E-state index in [-0.39, 0.29) is 55.3 Å². The average Bonchev–Trinajstić information content (AvgIpc) is 3.81. The lowest BCUT2D eigenvalue weighted by molar-refractivity contribution is -0.933. The summed E-state index contributed by atoms with van der Waals surface area (Å²) in [6.45, 7) is 20.0. The summed E-state index contributed by atoms with van der Waals surface area (Å²) in [6, 6.07) is 0.429. The number of amides is 1. The SMILES string of the molecule is CC[C@H](O)[C@@H](C)[C@H]1O[C@@H]1C[C@H](C)C=CC=C(C)[C@H]1OC(=O)C[C@H](O)CC[C@@](C)(OC(=O)N2CC[N+](C)(C(C)C)CC2)[C@@H](OC(C)=O)C=C[C@@H]1C. The van der Waals surface area contributed by atoms with Crippen LogP contribution in [0.1, 0.15) is 94.4 Å². The van der Waals surface area contributed by atoms with Crippen LogP contribution in [-0.2, 0) is 28.5 Å². The second kappa shape index (κ2) is 18.2. The van der Waals surface area contributed by atoms with E-state index in [1.165, 1.54) is 6.92 Å². The number of piperazine rings is 1. The number of aliphatic hydroxyl groups is 2. The number of quaternary nitrogens is 1. The lowest BCUT2D eigenvalue weighted by atomic mass is 9.88. The topological polar surface area (TPSA) is 135 Å². The van der Waals surface area contributed by atoms with Gasteiger partial charge < -0.3 is 33.6 Å². The number of esters is 2. The number of carbonyl (C=O) groups excluding carboxylic acids is 3. The predicted octanol–water partition coefficient (Wildman–Crippen LogP) is 5.34. The number of likely N-dealkylation sites (N-methyl/N-ethyl adjacent to an activating group) is 1.